The number of anilines is 1. The van der Waals surface area contributed by atoms with Crippen molar-refractivity contribution in [2.45, 2.75) is 32.7 Å². The fraction of sp³-hybridized carbons (Fsp3) is 0.304. The Bertz CT molecular complexity index is 896. The van der Waals surface area contributed by atoms with Gasteiger partial charge in [-0.3, -0.25) is 14.4 Å². The van der Waals surface area contributed by atoms with Crippen LogP contribution in [0, 0.1) is 0 Å². The summed E-state index contributed by atoms with van der Waals surface area (Å²) in [5, 5.41) is 5.37. The van der Waals surface area contributed by atoms with Gasteiger partial charge in [0.1, 0.15) is 0 Å². The Balaban J connectivity index is 1.68. The van der Waals surface area contributed by atoms with E-state index in [2.05, 4.69) is 10.6 Å². The summed E-state index contributed by atoms with van der Waals surface area (Å²) >= 11 is 0. The number of benzene rings is 2. The van der Waals surface area contributed by atoms with Crippen LogP contribution in [0.5, 0.6) is 0 Å². The zero-order valence-corrected chi connectivity index (χ0v) is 17.6. The quantitative estimate of drug-likeness (QED) is 0.565. The van der Waals surface area contributed by atoms with Crippen LogP contribution in [-0.2, 0) is 23.9 Å². The van der Waals surface area contributed by atoms with E-state index < -0.39 is 24.5 Å². The maximum Gasteiger partial charge on any atom is 0.338 e. The van der Waals surface area contributed by atoms with Crippen molar-refractivity contribution in [3.8, 4) is 0 Å². The van der Waals surface area contributed by atoms with Crippen molar-refractivity contribution in [1.29, 1.82) is 0 Å². The molecular formula is C23H26N2O6. The standard InChI is InChI=1S/C23H26N2O6/c1-3-30-23(29)18-9-11-19(12-10-18)25-20(26)13-14-22(28)31-15-21(27)24-16(2)17-7-5-4-6-8-17/h4-12,16H,3,13-15H2,1-2H3,(H,24,27)(H,25,26)/t16-/m0/s1. The highest BCUT2D eigenvalue weighted by molar-refractivity contribution is 5.94. The molecule has 0 aliphatic rings. The van der Waals surface area contributed by atoms with Gasteiger partial charge in [-0.1, -0.05) is 30.3 Å². The van der Waals surface area contributed by atoms with Crippen molar-refractivity contribution in [2.24, 2.45) is 0 Å². The van der Waals surface area contributed by atoms with Crippen LogP contribution >= 0.6 is 0 Å². The van der Waals surface area contributed by atoms with E-state index in [1.165, 1.54) is 12.1 Å². The zero-order valence-electron chi connectivity index (χ0n) is 17.6. The summed E-state index contributed by atoms with van der Waals surface area (Å²) in [6.07, 6.45) is -0.255. The molecule has 0 aliphatic heterocycles. The molecule has 0 spiro atoms. The lowest BCUT2D eigenvalue weighted by Crippen LogP contribution is -2.31. The lowest BCUT2D eigenvalue weighted by molar-refractivity contribution is -0.149. The van der Waals surface area contributed by atoms with Gasteiger partial charge in [-0.2, -0.15) is 0 Å². The Kier molecular flexibility index (Phi) is 9.22. The predicted octanol–water partition coefficient (Wildman–Crippen LogP) is 3.00. The summed E-state index contributed by atoms with van der Waals surface area (Å²) in [4.78, 5) is 47.3. The molecule has 2 aromatic rings. The van der Waals surface area contributed by atoms with E-state index in [0.717, 1.165) is 5.56 Å². The normalized spacial score (nSPS) is 11.2. The highest BCUT2D eigenvalue weighted by Gasteiger charge is 2.13. The van der Waals surface area contributed by atoms with Crippen molar-refractivity contribution >= 4 is 29.4 Å². The average molecular weight is 426 g/mol. The summed E-state index contributed by atoms with van der Waals surface area (Å²) in [6.45, 7) is 3.42. The number of ether oxygens (including phenoxy) is 2. The molecule has 0 saturated carbocycles. The largest absolute Gasteiger partial charge is 0.462 e. The second-order valence-electron chi connectivity index (χ2n) is 6.71. The van der Waals surface area contributed by atoms with Crippen molar-refractivity contribution in [3.63, 3.8) is 0 Å². The summed E-state index contributed by atoms with van der Waals surface area (Å²) in [6, 6.07) is 15.4. The van der Waals surface area contributed by atoms with E-state index in [1.54, 1.807) is 19.1 Å². The van der Waals surface area contributed by atoms with Crippen LogP contribution < -0.4 is 10.6 Å². The first-order valence-electron chi connectivity index (χ1n) is 9.96. The van der Waals surface area contributed by atoms with Gasteiger partial charge < -0.3 is 20.1 Å². The smallest absolute Gasteiger partial charge is 0.338 e. The second-order valence-corrected chi connectivity index (χ2v) is 6.71. The molecule has 0 fully saturated rings. The number of carbonyl (C=O) groups excluding carboxylic acids is 4. The van der Waals surface area contributed by atoms with Crippen molar-refractivity contribution in [1.82, 2.24) is 5.32 Å². The molecule has 0 aliphatic carbocycles. The van der Waals surface area contributed by atoms with E-state index in [-0.39, 0.29) is 31.4 Å². The summed E-state index contributed by atoms with van der Waals surface area (Å²) in [5.74, 6) is -1.89. The van der Waals surface area contributed by atoms with Gasteiger partial charge in [0.25, 0.3) is 5.91 Å². The first kappa shape index (κ1) is 23.6. The second kappa shape index (κ2) is 12.1. The van der Waals surface area contributed by atoms with Crippen LogP contribution in [0.3, 0.4) is 0 Å². The highest BCUT2D eigenvalue weighted by Crippen LogP contribution is 2.12. The zero-order chi connectivity index (χ0) is 22.6. The third-order valence-electron chi connectivity index (χ3n) is 4.28. The van der Waals surface area contributed by atoms with Gasteiger partial charge in [0.05, 0.1) is 24.6 Å². The average Bonchev–Trinajstić information content (AvgIpc) is 2.77. The van der Waals surface area contributed by atoms with Gasteiger partial charge in [-0.15, -0.1) is 0 Å². The molecule has 2 N–H and O–H groups in total. The number of hydrogen-bond acceptors (Lipinski definition) is 6. The first-order valence-corrected chi connectivity index (χ1v) is 9.96. The Morgan fingerprint density at radius 1 is 0.871 bits per heavy atom. The topological polar surface area (TPSA) is 111 Å². The number of rotatable bonds is 10. The molecule has 8 nitrogen and oxygen atoms in total. The highest BCUT2D eigenvalue weighted by atomic mass is 16.5. The minimum absolute atomic E-state index is 0.0967. The van der Waals surface area contributed by atoms with E-state index >= 15 is 0 Å². The molecule has 0 saturated heterocycles. The molecule has 0 unspecified atom stereocenters. The van der Waals surface area contributed by atoms with E-state index in [0.29, 0.717) is 11.3 Å². The fourth-order valence-electron chi connectivity index (χ4n) is 2.67. The molecule has 2 aromatic carbocycles. The van der Waals surface area contributed by atoms with Crippen LogP contribution in [0.1, 0.15) is 48.7 Å². The molecule has 2 rings (SSSR count). The third-order valence-corrected chi connectivity index (χ3v) is 4.28. The minimum Gasteiger partial charge on any atom is -0.462 e. The van der Waals surface area contributed by atoms with Gasteiger partial charge in [0, 0.05) is 12.1 Å². The molecule has 1 atom stereocenters. The molecule has 8 heteroatoms. The predicted molar refractivity (Wildman–Crippen MR) is 114 cm³/mol. The molecule has 0 heterocycles. The van der Waals surface area contributed by atoms with Crippen LogP contribution in [-0.4, -0.2) is 37.0 Å². The van der Waals surface area contributed by atoms with E-state index in [1.807, 2.05) is 37.3 Å². The van der Waals surface area contributed by atoms with Gasteiger partial charge >= 0.3 is 11.9 Å². The third kappa shape index (κ3) is 8.30. The maximum atomic E-state index is 12.0. The fourth-order valence-corrected chi connectivity index (χ4v) is 2.67. The Hall–Kier alpha value is -3.68. The molecule has 0 bridgehead atoms. The van der Waals surface area contributed by atoms with Crippen molar-refractivity contribution in [3.05, 3.63) is 65.7 Å². The SMILES string of the molecule is CCOC(=O)c1ccc(NC(=O)CCC(=O)OCC(=O)N[C@@H](C)c2ccccc2)cc1. The molecule has 31 heavy (non-hydrogen) atoms. The van der Waals surface area contributed by atoms with Crippen LogP contribution in [0.2, 0.25) is 0 Å². The molecule has 0 aromatic heterocycles. The van der Waals surface area contributed by atoms with Gasteiger partial charge in [-0.25, -0.2) is 4.79 Å². The molecular weight excluding hydrogens is 400 g/mol. The van der Waals surface area contributed by atoms with Gasteiger partial charge in [0.2, 0.25) is 5.91 Å². The van der Waals surface area contributed by atoms with Crippen molar-refractivity contribution in [2.75, 3.05) is 18.5 Å². The van der Waals surface area contributed by atoms with E-state index in [4.69, 9.17) is 9.47 Å². The summed E-state index contributed by atoms with van der Waals surface area (Å²) < 4.78 is 9.81. The minimum atomic E-state index is -0.643. The van der Waals surface area contributed by atoms with Crippen LogP contribution in [0.15, 0.2) is 54.6 Å². The molecule has 0 radical (unpaired) electrons. The van der Waals surface area contributed by atoms with Gasteiger partial charge in [-0.05, 0) is 43.7 Å². The number of carbonyl (C=O) groups is 4. The monoisotopic (exact) mass is 426 g/mol. The van der Waals surface area contributed by atoms with Crippen molar-refractivity contribution < 1.29 is 28.7 Å². The lowest BCUT2D eigenvalue weighted by atomic mass is 10.1. The number of hydrogen-bond donors (Lipinski definition) is 2. The summed E-state index contributed by atoms with van der Waals surface area (Å²) in [7, 11) is 0. The van der Waals surface area contributed by atoms with Crippen LogP contribution in [0.25, 0.3) is 0 Å². The lowest BCUT2D eigenvalue weighted by Gasteiger charge is -2.14. The Morgan fingerprint density at radius 3 is 2.19 bits per heavy atom. The van der Waals surface area contributed by atoms with Crippen LogP contribution in [0.4, 0.5) is 5.69 Å². The van der Waals surface area contributed by atoms with E-state index in [9.17, 15) is 19.2 Å². The number of esters is 2. The first-order chi connectivity index (χ1) is 14.9. The number of amides is 2. The molecule has 164 valence electrons. The maximum absolute atomic E-state index is 12.0. The number of nitrogens with one attached hydrogen (secondary N) is 2. The Labute approximate surface area is 180 Å². The Morgan fingerprint density at radius 2 is 1.55 bits per heavy atom. The van der Waals surface area contributed by atoms with Gasteiger partial charge in [0.15, 0.2) is 6.61 Å². The molecule has 2 amide bonds. The summed E-state index contributed by atoms with van der Waals surface area (Å²) in [5.41, 5.74) is 1.80.